The van der Waals surface area contributed by atoms with E-state index in [9.17, 15) is 9.59 Å². The van der Waals surface area contributed by atoms with Crippen molar-refractivity contribution in [2.24, 2.45) is 0 Å². The van der Waals surface area contributed by atoms with Gasteiger partial charge in [0, 0.05) is 24.3 Å². The highest BCUT2D eigenvalue weighted by molar-refractivity contribution is 5.94. The smallest absolute Gasteiger partial charge is 0.238 e. The average molecular weight is 355 g/mol. The van der Waals surface area contributed by atoms with Gasteiger partial charge in [-0.1, -0.05) is 18.2 Å². The van der Waals surface area contributed by atoms with E-state index < -0.39 is 0 Å². The monoisotopic (exact) mass is 355 g/mol. The number of hydrogen-bond donors (Lipinski definition) is 2. The molecule has 0 saturated heterocycles. The van der Waals surface area contributed by atoms with Crippen LogP contribution in [0.15, 0.2) is 48.5 Å². The van der Waals surface area contributed by atoms with Crippen molar-refractivity contribution in [1.82, 2.24) is 4.90 Å². The summed E-state index contributed by atoms with van der Waals surface area (Å²) in [4.78, 5) is 25.4. The van der Waals surface area contributed by atoms with Crippen molar-refractivity contribution in [1.29, 1.82) is 0 Å². The number of methoxy groups -OCH3 is 1. The van der Waals surface area contributed by atoms with Gasteiger partial charge in [-0.05, 0) is 49.9 Å². The summed E-state index contributed by atoms with van der Waals surface area (Å²) in [5, 5.41) is 5.56. The van der Waals surface area contributed by atoms with Crippen molar-refractivity contribution in [3.05, 3.63) is 54.1 Å². The highest BCUT2D eigenvalue weighted by atomic mass is 16.5. The lowest BCUT2D eigenvalue weighted by atomic mass is 10.1. The Morgan fingerprint density at radius 1 is 1.08 bits per heavy atom. The summed E-state index contributed by atoms with van der Waals surface area (Å²) in [5.41, 5.74) is 2.40. The molecule has 0 fully saturated rings. The topological polar surface area (TPSA) is 70.7 Å². The Balaban J connectivity index is 1.94. The first-order valence-corrected chi connectivity index (χ1v) is 8.40. The standard InChI is InChI=1S/C20H25N3O3/c1-14(16-8-10-19(26-4)11-9-16)23(3)13-20(25)22-18-7-5-6-17(12-18)21-15(2)24/h5-12,14H,13H2,1-4H3,(H,21,24)(H,22,25). The maximum atomic E-state index is 12.3. The summed E-state index contributed by atoms with van der Waals surface area (Å²) in [6.45, 7) is 3.74. The summed E-state index contributed by atoms with van der Waals surface area (Å²) in [6.07, 6.45) is 0. The van der Waals surface area contributed by atoms with Crippen LogP contribution in [0.25, 0.3) is 0 Å². The lowest BCUT2D eigenvalue weighted by Crippen LogP contribution is -2.32. The molecule has 2 rings (SSSR count). The third-order valence-corrected chi connectivity index (χ3v) is 4.12. The molecule has 2 aromatic carbocycles. The SMILES string of the molecule is COc1ccc(C(C)N(C)CC(=O)Nc2cccc(NC(C)=O)c2)cc1. The van der Waals surface area contributed by atoms with Gasteiger partial charge < -0.3 is 15.4 Å². The van der Waals surface area contributed by atoms with Gasteiger partial charge in [0.1, 0.15) is 5.75 Å². The van der Waals surface area contributed by atoms with Gasteiger partial charge in [-0.15, -0.1) is 0 Å². The fourth-order valence-corrected chi connectivity index (χ4v) is 2.58. The first kappa shape index (κ1) is 19.5. The number of carbonyl (C=O) groups excluding carboxylic acids is 2. The van der Waals surface area contributed by atoms with Crippen LogP contribution in [0, 0.1) is 0 Å². The van der Waals surface area contributed by atoms with Crippen LogP contribution in [0.5, 0.6) is 5.75 Å². The van der Waals surface area contributed by atoms with Crippen molar-refractivity contribution < 1.29 is 14.3 Å². The molecule has 138 valence electrons. The van der Waals surface area contributed by atoms with Crippen molar-refractivity contribution in [3.8, 4) is 5.75 Å². The number of amides is 2. The molecule has 0 bridgehead atoms. The number of likely N-dealkylation sites (N-methyl/N-ethyl adjacent to an activating group) is 1. The molecule has 2 N–H and O–H groups in total. The highest BCUT2D eigenvalue weighted by Gasteiger charge is 2.15. The van der Waals surface area contributed by atoms with E-state index in [1.807, 2.05) is 43.1 Å². The summed E-state index contributed by atoms with van der Waals surface area (Å²) in [5.74, 6) is 0.537. The number of anilines is 2. The summed E-state index contributed by atoms with van der Waals surface area (Å²) < 4.78 is 5.17. The fourth-order valence-electron chi connectivity index (χ4n) is 2.58. The highest BCUT2D eigenvalue weighted by Crippen LogP contribution is 2.21. The number of hydrogen-bond acceptors (Lipinski definition) is 4. The van der Waals surface area contributed by atoms with Crippen molar-refractivity contribution in [2.75, 3.05) is 31.3 Å². The molecular formula is C20H25N3O3. The minimum absolute atomic E-state index is 0.0809. The Bertz CT molecular complexity index is 759. The molecule has 0 aliphatic heterocycles. The van der Waals surface area contributed by atoms with Crippen molar-refractivity contribution in [2.45, 2.75) is 19.9 Å². The normalized spacial score (nSPS) is 11.7. The molecule has 0 radical (unpaired) electrons. The second kappa shape index (κ2) is 9.01. The molecule has 0 spiro atoms. The maximum absolute atomic E-state index is 12.3. The van der Waals surface area contributed by atoms with Gasteiger partial charge in [-0.2, -0.15) is 0 Å². The van der Waals surface area contributed by atoms with E-state index in [1.54, 1.807) is 31.4 Å². The van der Waals surface area contributed by atoms with Crippen LogP contribution in [0.1, 0.15) is 25.5 Å². The molecule has 6 nitrogen and oxygen atoms in total. The number of benzene rings is 2. The van der Waals surface area contributed by atoms with Crippen molar-refractivity contribution >= 4 is 23.2 Å². The van der Waals surface area contributed by atoms with Gasteiger partial charge >= 0.3 is 0 Å². The van der Waals surface area contributed by atoms with Gasteiger partial charge in [-0.3, -0.25) is 14.5 Å². The van der Waals surface area contributed by atoms with Crippen LogP contribution < -0.4 is 15.4 Å². The fraction of sp³-hybridized carbons (Fsp3) is 0.300. The minimum atomic E-state index is -0.151. The Morgan fingerprint density at radius 3 is 2.27 bits per heavy atom. The molecule has 0 saturated carbocycles. The molecule has 2 aromatic rings. The quantitative estimate of drug-likeness (QED) is 0.800. The lowest BCUT2D eigenvalue weighted by Gasteiger charge is -2.24. The van der Waals surface area contributed by atoms with Crippen LogP contribution in [0.2, 0.25) is 0 Å². The van der Waals surface area contributed by atoms with E-state index in [2.05, 4.69) is 10.6 Å². The largest absolute Gasteiger partial charge is 0.497 e. The van der Waals surface area contributed by atoms with Gasteiger partial charge in [0.25, 0.3) is 0 Å². The summed E-state index contributed by atoms with van der Waals surface area (Å²) in [6, 6.07) is 15.0. The summed E-state index contributed by atoms with van der Waals surface area (Å²) >= 11 is 0. The molecular weight excluding hydrogens is 330 g/mol. The minimum Gasteiger partial charge on any atom is -0.497 e. The first-order chi connectivity index (χ1) is 12.4. The zero-order valence-corrected chi connectivity index (χ0v) is 15.6. The van der Waals surface area contributed by atoms with Crippen LogP contribution >= 0.6 is 0 Å². The van der Waals surface area contributed by atoms with Crippen molar-refractivity contribution in [3.63, 3.8) is 0 Å². The van der Waals surface area contributed by atoms with Gasteiger partial charge in [0.15, 0.2) is 0 Å². The third kappa shape index (κ3) is 5.60. The Hall–Kier alpha value is -2.86. The zero-order chi connectivity index (χ0) is 19.1. The van der Waals surface area contributed by atoms with E-state index >= 15 is 0 Å². The molecule has 0 aromatic heterocycles. The number of nitrogens with zero attached hydrogens (tertiary/aromatic N) is 1. The Morgan fingerprint density at radius 2 is 1.69 bits per heavy atom. The van der Waals surface area contributed by atoms with Crippen LogP contribution in [-0.2, 0) is 9.59 Å². The molecule has 6 heteroatoms. The molecule has 2 amide bonds. The second-order valence-electron chi connectivity index (χ2n) is 6.17. The van der Waals surface area contributed by atoms with E-state index in [4.69, 9.17) is 4.74 Å². The van der Waals surface area contributed by atoms with Crippen LogP contribution in [0.3, 0.4) is 0 Å². The number of carbonyl (C=O) groups is 2. The third-order valence-electron chi connectivity index (χ3n) is 4.12. The maximum Gasteiger partial charge on any atom is 0.238 e. The van der Waals surface area contributed by atoms with Gasteiger partial charge in [0.05, 0.1) is 13.7 Å². The number of nitrogens with one attached hydrogen (secondary N) is 2. The predicted molar refractivity (Wildman–Crippen MR) is 103 cm³/mol. The van der Waals surface area contributed by atoms with Gasteiger partial charge in [0.2, 0.25) is 11.8 Å². The Labute approximate surface area is 154 Å². The van der Waals surface area contributed by atoms with Gasteiger partial charge in [-0.25, -0.2) is 0 Å². The number of ether oxygens (including phenoxy) is 1. The van der Waals surface area contributed by atoms with Crippen LogP contribution in [-0.4, -0.2) is 37.4 Å². The molecule has 0 aliphatic rings. The van der Waals surface area contributed by atoms with E-state index in [0.717, 1.165) is 11.3 Å². The average Bonchev–Trinajstić information content (AvgIpc) is 2.60. The zero-order valence-electron chi connectivity index (χ0n) is 15.6. The first-order valence-electron chi connectivity index (χ1n) is 8.40. The molecule has 0 heterocycles. The van der Waals surface area contributed by atoms with E-state index in [-0.39, 0.29) is 24.4 Å². The molecule has 1 atom stereocenters. The molecule has 0 aliphatic carbocycles. The number of rotatable bonds is 7. The Kier molecular flexibility index (Phi) is 6.74. The van der Waals surface area contributed by atoms with Crippen LogP contribution in [0.4, 0.5) is 11.4 Å². The second-order valence-corrected chi connectivity index (χ2v) is 6.17. The molecule has 26 heavy (non-hydrogen) atoms. The van der Waals surface area contributed by atoms with E-state index in [0.29, 0.717) is 11.4 Å². The predicted octanol–water partition coefficient (Wildman–Crippen LogP) is 3.29. The summed E-state index contributed by atoms with van der Waals surface area (Å²) in [7, 11) is 3.54. The molecule has 1 unspecified atom stereocenters. The van der Waals surface area contributed by atoms with E-state index in [1.165, 1.54) is 6.92 Å². The lowest BCUT2D eigenvalue weighted by molar-refractivity contribution is -0.117.